The highest BCUT2D eigenvalue weighted by Crippen LogP contribution is 2.18. The van der Waals surface area contributed by atoms with Gasteiger partial charge in [0, 0.05) is 26.2 Å². The Morgan fingerprint density at radius 1 is 1.62 bits per heavy atom. The van der Waals surface area contributed by atoms with E-state index < -0.39 is 0 Å². The van der Waals surface area contributed by atoms with Crippen molar-refractivity contribution < 1.29 is 4.74 Å². The summed E-state index contributed by atoms with van der Waals surface area (Å²) in [5.41, 5.74) is 0. The Balaban J connectivity index is 2.23. The molecule has 0 bridgehead atoms. The predicted molar refractivity (Wildman–Crippen MR) is 54.9 cm³/mol. The number of likely N-dealkylation sites (N-methyl/N-ethyl adjacent to an activating group) is 1. The molecule has 1 heterocycles. The largest absolute Gasteiger partial charge is 0.384 e. The van der Waals surface area contributed by atoms with Gasteiger partial charge < -0.3 is 10.1 Å². The molecule has 1 aliphatic rings. The molecule has 13 heavy (non-hydrogen) atoms. The fourth-order valence-electron chi connectivity index (χ4n) is 2.06. The van der Waals surface area contributed by atoms with E-state index in [0.29, 0.717) is 6.04 Å². The molecule has 0 aliphatic carbocycles. The van der Waals surface area contributed by atoms with Crippen molar-refractivity contribution in [3.05, 3.63) is 0 Å². The number of hydrogen-bond donors (Lipinski definition) is 1. The molecule has 1 rings (SSSR count). The summed E-state index contributed by atoms with van der Waals surface area (Å²) in [6.45, 7) is 6.72. The van der Waals surface area contributed by atoms with Crippen LogP contribution in [0, 0.1) is 5.92 Å². The van der Waals surface area contributed by atoms with Crippen LogP contribution in [0.1, 0.15) is 13.3 Å². The molecule has 0 spiro atoms. The fourth-order valence-corrected chi connectivity index (χ4v) is 2.06. The van der Waals surface area contributed by atoms with Crippen molar-refractivity contribution in [3.8, 4) is 0 Å². The fraction of sp³-hybridized carbons (Fsp3) is 1.00. The average Bonchev–Trinajstić information content (AvgIpc) is 2.54. The predicted octanol–water partition coefficient (Wildman–Crippen LogP) is 0.563. The Labute approximate surface area is 81.4 Å². The lowest BCUT2D eigenvalue weighted by Gasteiger charge is -2.23. The molecule has 2 atom stereocenters. The third-order valence-corrected chi connectivity index (χ3v) is 2.84. The van der Waals surface area contributed by atoms with Crippen LogP contribution in [0.4, 0.5) is 0 Å². The quantitative estimate of drug-likeness (QED) is 0.679. The van der Waals surface area contributed by atoms with E-state index in [-0.39, 0.29) is 0 Å². The number of nitrogens with zero attached hydrogens (tertiary/aromatic N) is 1. The van der Waals surface area contributed by atoms with E-state index in [1.807, 2.05) is 7.05 Å². The first-order chi connectivity index (χ1) is 6.27. The molecular formula is C10H22N2O. The summed E-state index contributed by atoms with van der Waals surface area (Å²) in [6, 6.07) is 0.659. The molecule has 0 amide bonds. The highest BCUT2D eigenvalue weighted by atomic mass is 16.5. The average molecular weight is 186 g/mol. The van der Waals surface area contributed by atoms with Crippen LogP contribution in [0.25, 0.3) is 0 Å². The second-order valence-electron chi connectivity index (χ2n) is 4.01. The highest BCUT2D eigenvalue weighted by molar-refractivity contribution is 4.79. The van der Waals surface area contributed by atoms with Crippen LogP contribution in [-0.4, -0.2) is 51.3 Å². The summed E-state index contributed by atoms with van der Waals surface area (Å²) in [6.07, 6.45) is 1.29. The lowest BCUT2D eigenvalue weighted by molar-refractivity contribution is 0.148. The molecule has 3 heteroatoms. The zero-order valence-corrected chi connectivity index (χ0v) is 9.05. The lowest BCUT2D eigenvalue weighted by Crippen LogP contribution is -2.38. The van der Waals surface area contributed by atoms with Gasteiger partial charge in [-0.1, -0.05) is 0 Å². The Hall–Kier alpha value is -0.120. The minimum atomic E-state index is 0.659. The smallest absolute Gasteiger partial charge is 0.0503 e. The summed E-state index contributed by atoms with van der Waals surface area (Å²) >= 11 is 0. The van der Waals surface area contributed by atoms with Crippen LogP contribution in [0.5, 0.6) is 0 Å². The van der Waals surface area contributed by atoms with Gasteiger partial charge in [-0.05, 0) is 32.9 Å². The molecule has 2 unspecified atom stereocenters. The second kappa shape index (κ2) is 5.58. The maximum Gasteiger partial charge on any atom is 0.0503 e. The van der Waals surface area contributed by atoms with E-state index in [0.717, 1.165) is 19.1 Å². The normalized spacial score (nSPS) is 26.5. The molecule has 0 aromatic rings. The topological polar surface area (TPSA) is 24.5 Å². The van der Waals surface area contributed by atoms with Crippen LogP contribution in [0.3, 0.4) is 0 Å². The maximum absolute atomic E-state index is 5.17. The van der Waals surface area contributed by atoms with Gasteiger partial charge in [0.25, 0.3) is 0 Å². The van der Waals surface area contributed by atoms with Crippen LogP contribution in [0.15, 0.2) is 0 Å². The highest BCUT2D eigenvalue weighted by Gasteiger charge is 2.25. The minimum absolute atomic E-state index is 0.659. The van der Waals surface area contributed by atoms with Crippen LogP contribution in [0.2, 0.25) is 0 Å². The molecule has 0 saturated carbocycles. The van der Waals surface area contributed by atoms with Crippen LogP contribution >= 0.6 is 0 Å². The zero-order chi connectivity index (χ0) is 9.68. The Bertz CT molecular complexity index is 141. The first-order valence-electron chi connectivity index (χ1n) is 5.15. The molecule has 1 saturated heterocycles. The lowest BCUT2D eigenvalue weighted by atomic mass is 10.1. The Morgan fingerprint density at radius 3 is 3.00 bits per heavy atom. The minimum Gasteiger partial charge on any atom is -0.384 e. The van der Waals surface area contributed by atoms with Gasteiger partial charge in [0.05, 0.1) is 6.61 Å². The van der Waals surface area contributed by atoms with E-state index >= 15 is 0 Å². The molecule has 0 aromatic carbocycles. The summed E-state index contributed by atoms with van der Waals surface area (Å²) in [7, 11) is 3.80. The van der Waals surface area contributed by atoms with Gasteiger partial charge >= 0.3 is 0 Å². The maximum atomic E-state index is 5.17. The Kier molecular flexibility index (Phi) is 4.70. The number of ether oxygens (including phenoxy) is 1. The Morgan fingerprint density at radius 2 is 2.38 bits per heavy atom. The molecule has 1 N–H and O–H groups in total. The van der Waals surface area contributed by atoms with Crippen molar-refractivity contribution in [1.82, 2.24) is 10.2 Å². The standard InChI is InChI=1S/C10H22N2O/c1-9(6-11-2)12-5-4-10(7-12)8-13-3/h9-11H,4-8H2,1-3H3. The number of likely N-dealkylation sites (tertiary alicyclic amines) is 1. The molecule has 1 aliphatic heterocycles. The first kappa shape index (κ1) is 11.0. The molecule has 0 aromatic heterocycles. The van der Waals surface area contributed by atoms with Gasteiger partial charge in [-0.3, -0.25) is 4.90 Å². The summed E-state index contributed by atoms with van der Waals surface area (Å²) in [5, 5.41) is 3.22. The number of hydrogen-bond acceptors (Lipinski definition) is 3. The molecule has 78 valence electrons. The van der Waals surface area contributed by atoms with Gasteiger partial charge in [0.1, 0.15) is 0 Å². The van der Waals surface area contributed by atoms with Crippen molar-refractivity contribution in [1.29, 1.82) is 0 Å². The van der Waals surface area contributed by atoms with Gasteiger partial charge in [-0.15, -0.1) is 0 Å². The van der Waals surface area contributed by atoms with Crippen molar-refractivity contribution in [3.63, 3.8) is 0 Å². The first-order valence-corrected chi connectivity index (χ1v) is 5.15. The zero-order valence-electron chi connectivity index (χ0n) is 9.05. The number of nitrogens with one attached hydrogen (secondary N) is 1. The van der Waals surface area contributed by atoms with E-state index in [1.54, 1.807) is 7.11 Å². The SMILES string of the molecule is CNCC(C)N1CCC(COC)C1. The van der Waals surface area contributed by atoms with Crippen LogP contribution < -0.4 is 5.32 Å². The monoisotopic (exact) mass is 186 g/mol. The summed E-state index contributed by atoms with van der Waals surface area (Å²) < 4.78 is 5.17. The summed E-state index contributed by atoms with van der Waals surface area (Å²) in [4.78, 5) is 2.54. The van der Waals surface area contributed by atoms with Gasteiger partial charge in [0.2, 0.25) is 0 Å². The molecule has 1 fully saturated rings. The molecular weight excluding hydrogens is 164 g/mol. The van der Waals surface area contributed by atoms with Crippen molar-refractivity contribution >= 4 is 0 Å². The van der Waals surface area contributed by atoms with Crippen molar-refractivity contribution in [2.24, 2.45) is 5.92 Å². The number of rotatable bonds is 5. The third kappa shape index (κ3) is 3.25. The van der Waals surface area contributed by atoms with Crippen molar-refractivity contribution in [2.75, 3.05) is 40.4 Å². The number of methoxy groups -OCH3 is 1. The third-order valence-electron chi connectivity index (χ3n) is 2.84. The van der Waals surface area contributed by atoms with E-state index in [2.05, 4.69) is 17.1 Å². The second-order valence-corrected chi connectivity index (χ2v) is 4.01. The van der Waals surface area contributed by atoms with Gasteiger partial charge in [0.15, 0.2) is 0 Å². The van der Waals surface area contributed by atoms with Crippen LogP contribution in [-0.2, 0) is 4.74 Å². The van der Waals surface area contributed by atoms with E-state index in [4.69, 9.17) is 4.74 Å². The van der Waals surface area contributed by atoms with Gasteiger partial charge in [-0.25, -0.2) is 0 Å². The summed E-state index contributed by atoms with van der Waals surface area (Å²) in [5.74, 6) is 0.754. The molecule has 0 radical (unpaired) electrons. The van der Waals surface area contributed by atoms with E-state index in [9.17, 15) is 0 Å². The van der Waals surface area contributed by atoms with Crippen molar-refractivity contribution in [2.45, 2.75) is 19.4 Å². The van der Waals surface area contributed by atoms with E-state index in [1.165, 1.54) is 19.5 Å². The van der Waals surface area contributed by atoms with Gasteiger partial charge in [-0.2, -0.15) is 0 Å². The molecule has 3 nitrogen and oxygen atoms in total.